The third-order valence-electron chi connectivity index (χ3n) is 7.91. The number of ether oxygens (including phenoxy) is 3. The molecule has 0 saturated carbocycles. The van der Waals surface area contributed by atoms with Gasteiger partial charge in [-0.1, -0.05) is 36.4 Å². The highest BCUT2D eigenvalue weighted by Gasteiger charge is 2.58. The van der Waals surface area contributed by atoms with E-state index in [-0.39, 0.29) is 25.5 Å². The molecule has 3 aromatic carbocycles. The van der Waals surface area contributed by atoms with Gasteiger partial charge in [-0.05, 0) is 66.8 Å². The van der Waals surface area contributed by atoms with Crippen LogP contribution in [0.5, 0.6) is 11.5 Å². The fourth-order valence-electron chi connectivity index (χ4n) is 6.22. The van der Waals surface area contributed by atoms with E-state index < -0.39 is 23.5 Å². The van der Waals surface area contributed by atoms with Crippen LogP contribution < -0.4 is 14.4 Å². The van der Waals surface area contributed by atoms with Gasteiger partial charge in [0.25, 0.3) is 5.91 Å². The van der Waals surface area contributed by atoms with Crippen LogP contribution in [0.2, 0.25) is 0 Å². The van der Waals surface area contributed by atoms with Gasteiger partial charge >= 0.3 is 12.1 Å². The number of carboxylic acids is 1. The number of aliphatic carboxylic acids is 1. The Kier molecular flexibility index (Phi) is 7.38. The Balaban J connectivity index is 1.73. The van der Waals surface area contributed by atoms with Crippen molar-refractivity contribution in [1.29, 1.82) is 0 Å². The second-order valence-electron chi connectivity index (χ2n) is 9.79. The van der Waals surface area contributed by atoms with Crippen LogP contribution in [-0.2, 0) is 21.5 Å². The van der Waals surface area contributed by atoms with Crippen LogP contribution >= 0.6 is 0 Å². The predicted octanol–water partition coefficient (Wildman–Crippen LogP) is 4.83. The number of carbonyl (C=O) groups excluding carboxylic acids is 2. The van der Waals surface area contributed by atoms with Crippen molar-refractivity contribution in [2.24, 2.45) is 0 Å². The molecule has 208 valence electrons. The number of carbonyl (C=O) groups is 3. The summed E-state index contributed by atoms with van der Waals surface area (Å²) in [4.78, 5) is 43.6. The summed E-state index contributed by atoms with van der Waals surface area (Å²) in [5.74, 6) is -1.44. The zero-order valence-corrected chi connectivity index (χ0v) is 22.8. The first kappa shape index (κ1) is 27.1. The summed E-state index contributed by atoms with van der Waals surface area (Å²) < 4.78 is 16.5. The number of anilines is 1. The quantitative estimate of drug-likeness (QED) is 0.433. The largest absolute Gasteiger partial charge is 0.493 e. The molecule has 2 heterocycles. The van der Waals surface area contributed by atoms with Gasteiger partial charge in [0, 0.05) is 24.3 Å². The van der Waals surface area contributed by atoms with Crippen LogP contribution in [0.25, 0.3) is 0 Å². The van der Waals surface area contributed by atoms with Crippen LogP contribution in [0.4, 0.5) is 10.5 Å². The lowest BCUT2D eigenvalue weighted by Gasteiger charge is -2.54. The molecule has 2 aliphatic rings. The molecule has 9 heteroatoms. The Morgan fingerprint density at radius 3 is 2.38 bits per heavy atom. The van der Waals surface area contributed by atoms with Gasteiger partial charge in [-0.2, -0.15) is 0 Å². The maximum Gasteiger partial charge on any atom is 0.414 e. The Labute approximate surface area is 232 Å². The molecular formula is C31H32N2O7. The maximum atomic E-state index is 14.0. The summed E-state index contributed by atoms with van der Waals surface area (Å²) >= 11 is 0. The number of benzene rings is 3. The Hall–Kier alpha value is -4.53. The van der Waals surface area contributed by atoms with Gasteiger partial charge < -0.3 is 24.2 Å². The van der Waals surface area contributed by atoms with Gasteiger partial charge in [0.1, 0.15) is 5.92 Å². The normalized spacial score (nSPS) is 19.1. The summed E-state index contributed by atoms with van der Waals surface area (Å²) in [6.45, 7) is 2.33. The van der Waals surface area contributed by atoms with Crippen molar-refractivity contribution < 1.29 is 33.7 Å². The van der Waals surface area contributed by atoms with E-state index >= 15 is 0 Å². The van der Waals surface area contributed by atoms with E-state index in [2.05, 4.69) is 0 Å². The van der Waals surface area contributed by atoms with E-state index in [0.717, 1.165) is 5.56 Å². The second-order valence-corrected chi connectivity index (χ2v) is 9.79. The number of para-hydroxylation sites is 1. The molecule has 40 heavy (non-hydrogen) atoms. The van der Waals surface area contributed by atoms with E-state index in [4.69, 9.17) is 14.2 Å². The van der Waals surface area contributed by atoms with Gasteiger partial charge in [-0.3, -0.25) is 14.5 Å². The fourth-order valence-corrected chi connectivity index (χ4v) is 6.22. The average Bonchev–Trinajstić information content (AvgIpc) is 2.97. The molecule has 1 N–H and O–H groups in total. The number of methoxy groups -OCH3 is 2. The van der Waals surface area contributed by atoms with Gasteiger partial charge in [0.2, 0.25) is 0 Å². The highest BCUT2D eigenvalue weighted by atomic mass is 16.6. The SMILES string of the molecule is CCOC(=O)N(CC[C@@]12c3cc(OC)c(OC)cc3CCN1C(=O)c1ccccc1[C@@H]2C(=O)O)c1ccccc1. The Morgan fingerprint density at radius 2 is 1.70 bits per heavy atom. The minimum atomic E-state index is -1.32. The molecule has 0 unspecified atom stereocenters. The molecule has 2 aliphatic heterocycles. The van der Waals surface area contributed by atoms with Crippen LogP contribution in [0.3, 0.4) is 0 Å². The third kappa shape index (κ3) is 4.31. The predicted molar refractivity (Wildman–Crippen MR) is 148 cm³/mol. The molecule has 0 bridgehead atoms. The van der Waals surface area contributed by atoms with Crippen LogP contribution in [0.1, 0.15) is 46.3 Å². The fraction of sp³-hybridized carbons (Fsp3) is 0.323. The summed E-state index contributed by atoms with van der Waals surface area (Å²) in [7, 11) is 3.07. The lowest BCUT2D eigenvalue weighted by molar-refractivity contribution is -0.143. The summed E-state index contributed by atoms with van der Waals surface area (Å²) in [5, 5.41) is 10.8. The molecule has 0 aromatic heterocycles. The van der Waals surface area contributed by atoms with E-state index in [9.17, 15) is 19.5 Å². The summed E-state index contributed by atoms with van der Waals surface area (Å²) in [6, 6.07) is 19.6. The lowest BCUT2D eigenvalue weighted by atomic mass is 9.64. The first-order chi connectivity index (χ1) is 19.4. The second kappa shape index (κ2) is 10.9. The van der Waals surface area contributed by atoms with E-state index in [1.54, 1.807) is 61.4 Å². The van der Waals surface area contributed by atoms with Crippen LogP contribution in [0, 0.1) is 0 Å². The molecule has 0 saturated heterocycles. The number of nitrogens with zero attached hydrogens (tertiary/aromatic N) is 2. The Morgan fingerprint density at radius 1 is 1.02 bits per heavy atom. The van der Waals surface area contributed by atoms with Crippen LogP contribution in [0.15, 0.2) is 66.7 Å². The van der Waals surface area contributed by atoms with Gasteiger partial charge in [0.15, 0.2) is 11.5 Å². The minimum absolute atomic E-state index is 0.104. The number of hydrogen-bond donors (Lipinski definition) is 1. The van der Waals surface area contributed by atoms with Crippen molar-refractivity contribution >= 4 is 23.7 Å². The molecule has 0 spiro atoms. The standard InChI is InChI=1S/C31H32N2O7/c1-4-40-30(37)32(21-10-6-5-7-11-21)17-15-31-24-19-26(39-3)25(38-2)18-20(24)14-16-33(31)28(34)23-13-9-8-12-22(23)27(31)29(35)36/h5-13,18-19,27H,4,14-17H2,1-3H3,(H,35,36)/t27-,31+/m1/s1. The van der Waals surface area contributed by atoms with E-state index in [1.807, 2.05) is 24.3 Å². The molecule has 0 aliphatic carbocycles. The first-order valence-corrected chi connectivity index (χ1v) is 13.3. The molecular weight excluding hydrogens is 512 g/mol. The smallest absolute Gasteiger partial charge is 0.414 e. The molecule has 2 atom stereocenters. The molecule has 9 nitrogen and oxygen atoms in total. The summed E-state index contributed by atoms with van der Waals surface area (Å²) in [5.41, 5.74) is 1.66. The van der Waals surface area contributed by atoms with E-state index in [1.165, 1.54) is 12.0 Å². The maximum absolute atomic E-state index is 14.0. The van der Waals surface area contributed by atoms with Crippen molar-refractivity contribution in [2.75, 3.05) is 38.8 Å². The number of carboxylic acid groups (broad SMARTS) is 1. The minimum Gasteiger partial charge on any atom is -0.493 e. The highest BCUT2D eigenvalue weighted by molar-refractivity contribution is 6.01. The molecule has 3 aromatic rings. The van der Waals surface area contributed by atoms with Crippen molar-refractivity contribution in [3.63, 3.8) is 0 Å². The first-order valence-electron chi connectivity index (χ1n) is 13.3. The van der Waals surface area contributed by atoms with Crippen molar-refractivity contribution in [3.8, 4) is 11.5 Å². The summed E-state index contributed by atoms with van der Waals surface area (Å²) in [6.07, 6.45) is 0.104. The zero-order valence-electron chi connectivity index (χ0n) is 22.8. The number of amides is 2. The van der Waals surface area contributed by atoms with E-state index in [0.29, 0.717) is 46.8 Å². The topological polar surface area (TPSA) is 106 Å². The third-order valence-corrected chi connectivity index (χ3v) is 7.91. The molecule has 0 fully saturated rings. The molecule has 0 radical (unpaired) electrons. The zero-order chi connectivity index (χ0) is 28.4. The molecule has 2 amide bonds. The van der Waals surface area contributed by atoms with Crippen molar-refractivity contribution in [3.05, 3.63) is 89.0 Å². The monoisotopic (exact) mass is 544 g/mol. The lowest BCUT2D eigenvalue weighted by Crippen LogP contribution is -2.62. The van der Waals surface area contributed by atoms with Gasteiger partial charge in [-0.25, -0.2) is 4.79 Å². The molecule has 5 rings (SSSR count). The Bertz CT molecular complexity index is 1440. The average molecular weight is 545 g/mol. The number of rotatable bonds is 8. The van der Waals surface area contributed by atoms with Crippen molar-refractivity contribution in [1.82, 2.24) is 4.90 Å². The van der Waals surface area contributed by atoms with Crippen molar-refractivity contribution in [2.45, 2.75) is 31.2 Å². The van der Waals surface area contributed by atoms with Crippen LogP contribution in [-0.4, -0.2) is 61.9 Å². The number of hydrogen-bond acceptors (Lipinski definition) is 6. The van der Waals surface area contributed by atoms with Gasteiger partial charge in [-0.15, -0.1) is 0 Å². The highest BCUT2D eigenvalue weighted by Crippen LogP contribution is 2.54. The van der Waals surface area contributed by atoms with Gasteiger partial charge in [0.05, 0.1) is 26.4 Å². The number of fused-ring (bicyclic) bond motifs is 4.